The number of methoxy groups -OCH3 is 2. The van der Waals surface area contributed by atoms with Gasteiger partial charge in [0.2, 0.25) is 0 Å². The van der Waals surface area contributed by atoms with Gasteiger partial charge in [0.15, 0.2) is 0 Å². The van der Waals surface area contributed by atoms with Gasteiger partial charge in [-0.3, -0.25) is 4.68 Å². The summed E-state index contributed by atoms with van der Waals surface area (Å²) < 4.78 is 12.8. The molecule has 4 heteroatoms. The van der Waals surface area contributed by atoms with Gasteiger partial charge < -0.3 is 9.47 Å². The summed E-state index contributed by atoms with van der Waals surface area (Å²) in [7, 11) is 5.28. The summed E-state index contributed by atoms with van der Waals surface area (Å²) in [6, 6.07) is 3.96. The van der Waals surface area contributed by atoms with Crippen LogP contribution in [0.3, 0.4) is 0 Å². The summed E-state index contributed by atoms with van der Waals surface area (Å²) >= 11 is 0. The molecule has 2 aromatic rings. The third-order valence-corrected chi connectivity index (χ3v) is 3.31. The fraction of sp³-hybridized carbons (Fsp3) is 0.357. The van der Waals surface area contributed by atoms with E-state index in [-0.39, 0.29) is 0 Å². The van der Waals surface area contributed by atoms with Crippen LogP contribution in [0.4, 0.5) is 0 Å². The Kier molecular flexibility index (Phi) is 3.28. The third kappa shape index (κ3) is 1.83. The van der Waals surface area contributed by atoms with Crippen molar-refractivity contribution >= 4 is 0 Å². The number of hydrogen-bond donors (Lipinski definition) is 0. The molecule has 0 N–H and O–H groups in total. The van der Waals surface area contributed by atoms with E-state index in [9.17, 15) is 0 Å². The molecule has 1 aromatic carbocycles. The number of rotatable bonds is 3. The largest absolute Gasteiger partial charge is 0.496 e. The van der Waals surface area contributed by atoms with Crippen LogP contribution in [0.2, 0.25) is 0 Å². The van der Waals surface area contributed by atoms with Crippen molar-refractivity contribution in [2.24, 2.45) is 7.05 Å². The molecular formula is C14H18N2O2. The molecule has 0 fully saturated rings. The number of benzene rings is 1. The van der Waals surface area contributed by atoms with Gasteiger partial charge in [0.05, 0.1) is 19.9 Å². The van der Waals surface area contributed by atoms with Crippen LogP contribution in [0.15, 0.2) is 18.3 Å². The highest BCUT2D eigenvalue weighted by molar-refractivity contribution is 5.73. The minimum Gasteiger partial charge on any atom is -0.496 e. The van der Waals surface area contributed by atoms with Crippen molar-refractivity contribution in [2.75, 3.05) is 14.2 Å². The lowest BCUT2D eigenvalue weighted by Crippen LogP contribution is -2.00. The van der Waals surface area contributed by atoms with E-state index in [1.165, 1.54) is 0 Å². The van der Waals surface area contributed by atoms with Gasteiger partial charge in [-0.05, 0) is 37.1 Å². The molecule has 0 bridgehead atoms. The minimum absolute atomic E-state index is 0.865. The van der Waals surface area contributed by atoms with Gasteiger partial charge in [0.25, 0.3) is 0 Å². The quantitative estimate of drug-likeness (QED) is 0.835. The first kappa shape index (κ1) is 12.5. The number of hydrogen-bond acceptors (Lipinski definition) is 3. The van der Waals surface area contributed by atoms with Gasteiger partial charge in [0.1, 0.15) is 11.5 Å². The molecular weight excluding hydrogens is 228 g/mol. The van der Waals surface area contributed by atoms with Crippen LogP contribution >= 0.6 is 0 Å². The summed E-state index contributed by atoms with van der Waals surface area (Å²) in [5.41, 5.74) is 4.19. The van der Waals surface area contributed by atoms with Crippen LogP contribution in [0, 0.1) is 13.8 Å². The predicted octanol–water partition coefficient (Wildman–Crippen LogP) is 2.72. The van der Waals surface area contributed by atoms with Crippen LogP contribution in [0.5, 0.6) is 11.5 Å². The van der Waals surface area contributed by atoms with Crippen molar-refractivity contribution in [2.45, 2.75) is 13.8 Å². The van der Waals surface area contributed by atoms with E-state index in [2.05, 4.69) is 5.10 Å². The van der Waals surface area contributed by atoms with Crippen LogP contribution in [0.25, 0.3) is 11.3 Å². The Hall–Kier alpha value is -1.97. The first-order valence-corrected chi connectivity index (χ1v) is 5.80. The zero-order chi connectivity index (χ0) is 13.3. The Bertz CT molecular complexity index is 573. The van der Waals surface area contributed by atoms with E-state index in [1.54, 1.807) is 20.4 Å². The molecule has 0 spiro atoms. The maximum Gasteiger partial charge on any atom is 0.131 e. The van der Waals surface area contributed by atoms with E-state index in [0.29, 0.717) is 0 Å². The van der Waals surface area contributed by atoms with E-state index in [0.717, 1.165) is 33.9 Å². The standard InChI is InChI=1S/C14H18N2O2/c1-9-10(2)14(18-5)11(8-13(9)17-4)12-6-7-15-16(12)3/h6-8H,1-5H3. The molecule has 0 amide bonds. The van der Waals surface area contributed by atoms with Crippen LogP contribution < -0.4 is 9.47 Å². The zero-order valence-corrected chi connectivity index (χ0v) is 11.4. The van der Waals surface area contributed by atoms with E-state index >= 15 is 0 Å². The van der Waals surface area contributed by atoms with Crippen LogP contribution in [-0.4, -0.2) is 24.0 Å². The topological polar surface area (TPSA) is 36.3 Å². The van der Waals surface area contributed by atoms with Gasteiger partial charge in [-0.2, -0.15) is 5.10 Å². The average molecular weight is 246 g/mol. The summed E-state index contributed by atoms with van der Waals surface area (Å²) in [6.07, 6.45) is 1.77. The van der Waals surface area contributed by atoms with E-state index < -0.39 is 0 Å². The lowest BCUT2D eigenvalue weighted by Gasteiger charge is -2.16. The molecule has 2 rings (SSSR count). The molecule has 96 valence electrons. The van der Waals surface area contributed by atoms with E-state index in [1.807, 2.05) is 37.7 Å². The first-order chi connectivity index (χ1) is 8.60. The Balaban J connectivity index is 2.74. The smallest absolute Gasteiger partial charge is 0.131 e. The molecule has 0 aliphatic heterocycles. The summed E-state index contributed by atoms with van der Waals surface area (Å²) in [6.45, 7) is 4.07. The van der Waals surface area contributed by atoms with Gasteiger partial charge in [-0.15, -0.1) is 0 Å². The van der Waals surface area contributed by atoms with Crippen molar-refractivity contribution in [1.82, 2.24) is 9.78 Å². The molecule has 0 saturated heterocycles. The molecule has 4 nitrogen and oxygen atoms in total. The second-order valence-corrected chi connectivity index (χ2v) is 4.25. The van der Waals surface area contributed by atoms with Crippen molar-refractivity contribution < 1.29 is 9.47 Å². The molecule has 0 saturated carbocycles. The van der Waals surface area contributed by atoms with Crippen molar-refractivity contribution in [3.8, 4) is 22.8 Å². The molecule has 1 aromatic heterocycles. The van der Waals surface area contributed by atoms with Crippen molar-refractivity contribution in [3.63, 3.8) is 0 Å². The predicted molar refractivity (Wildman–Crippen MR) is 71.2 cm³/mol. The average Bonchev–Trinajstić information content (AvgIpc) is 2.78. The Morgan fingerprint density at radius 1 is 1.11 bits per heavy atom. The highest BCUT2D eigenvalue weighted by atomic mass is 16.5. The van der Waals surface area contributed by atoms with Gasteiger partial charge in [0, 0.05) is 18.8 Å². The Labute approximate surface area is 107 Å². The van der Waals surface area contributed by atoms with Crippen LogP contribution in [-0.2, 0) is 7.05 Å². The lowest BCUT2D eigenvalue weighted by molar-refractivity contribution is 0.399. The van der Waals surface area contributed by atoms with Gasteiger partial charge >= 0.3 is 0 Å². The minimum atomic E-state index is 0.865. The third-order valence-electron chi connectivity index (χ3n) is 3.31. The molecule has 0 unspecified atom stereocenters. The normalized spacial score (nSPS) is 10.5. The Morgan fingerprint density at radius 3 is 2.33 bits per heavy atom. The second-order valence-electron chi connectivity index (χ2n) is 4.25. The number of aryl methyl sites for hydroxylation is 1. The van der Waals surface area contributed by atoms with Gasteiger partial charge in [-0.25, -0.2) is 0 Å². The van der Waals surface area contributed by atoms with Crippen molar-refractivity contribution in [3.05, 3.63) is 29.5 Å². The molecule has 0 aliphatic carbocycles. The van der Waals surface area contributed by atoms with E-state index in [4.69, 9.17) is 9.47 Å². The highest BCUT2D eigenvalue weighted by Crippen LogP contribution is 2.39. The summed E-state index contributed by atoms with van der Waals surface area (Å²) in [5, 5.41) is 4.20. The molecule has 18 heavy (non-hydrogen) atoms. The van der Waals surface area contributed by atoms with Gasteiger partial charge in [-0.1, -0.05) is 0 Å². The molecule has 0 atom stereocenters. The summed E-state index contributed by atoms with van der Waals surface area (Å²) in [5.74, 6) is 1.74. The summed E-state index contributed by atoms with van der Waals surface area (Å²) in [4.78, 5) is 0. The monoisotopic (exact) mass is 246 g/mol. The zero-order valence-electron chi connectivity index (χ0n) is 11.4. The molecule has 0 aliphatic rings. The second kappa shape index (κ2) is 4.72. The number of ether oxygens (including phenoxy) is 2. The first-order valence-electron chi connectivity index (χ1n) is 5.80. The number of aromatic nitrogens is 2. The molecule has 1 heterocycles. The highest BCUT2D eigenvalue weighted by Gasteiger charge is 2.16. The lowest BCUT2D eigenvalue weighted by atomic mass is 10.0. The fourth-order valence-electron chi connectivity index (χ4n) is 2.17. The Morgan fingerprint density at radius 2 is 1.83 bits per heavy atom. The SMILES string of the molecule is COc1cc(-c2ccnn2C)c(OC)c(C)c1C. The van der Waals surface area contributed by atoms with Crippen molar-refractivity contribution in [1.29, 1.82) is 0 Å². The fourth-order valence-corrected chi connectivity index (χ4v) is 2.17. The maximum atomic E-state index is 5.54. The van der Waals surface area contributed by atoms with Crippen LogP contribution in [0.1, 0.15) is 11.1 Å². The molecule has 0 radical (unpaired) electrons. The maximum absolute atomic E-state index is 5.54. The number of nitrogens with zero attached hydrogens (tertiary/aromatic N) is 2.